The summed E-state index contributed by atoms with van der Waals surface area (Å²) in [6.07, 6.45) is 7.70. The number of allylic oxidation sites excluding steroid dienone is 1. The topological polar surface area (TPSA) is 108 Å². The molecule has 1 saturated heterocycles. The molecule has 43 heavy (non-hydrogen) atoms. The first kappa shape index (κ1) is 32.8. The van der Waals surface area contributed by atoms with Crippen LogP contribution in [0, 0.1) is 5.92 Å². The number of carbonyl (C=O) groups excluding carboxylic acids is 2. The zero-order valence-electron chi connectivity index (χ0n) is 25.1. The number of rotatable bonds is 6. The van der Waals surface area contributed by atoms with Crippen LogP contribution in [0.1, 0.15) is 79.4 Å². The quantitative estimate of drug-likeness (QED) is 0.434. The average Bonchev–Trinajstić information content (AvgIpc) is 2.95. The molecule has 2 aromatic rings. The van der Waals surface area contributed by atoms with Crippen LogP contribution in [0.5, 0.6) is 11.5 Å². The Balaban J connectivity index is 0.00000423. The van der Waals surface area contributed by atoms with Crippen molar-refractivity contribution >= 4 is 17.8 Å². The van der Waals surface area contributed by atoms with E-state index in [4.69, 9.17) is 14.2 Å². The number of cyclic esters (lactones) is 1. The number of nitrogens with one attached hydrogen (secondary N) is 1. The SMILES string of the molecule is COc1cc(OCC(O)C[NH+]2C[C@@H]3C[C@H](C2)c2cccc(=O)n2C3)cc2c1C(=O)O[C@@H](C)CCCC(=O)CCC/C=C/2.[Cl-]. The van der Waals surface area contributed by atoms with E-state index in [1.165, 1.54) is 12.0 Å². The predicted molar refractivity (Wildman–Crippen MR) is 158 cm³/mol. The molecule has 1 fully saturated rings. The molecule has 0 radical (unpaired) electrons. The summed E-state index contributed by atoms with van der Waals surface area (Å²) < 4.78 is 19.3. The van der Waals surface area contributed by atoms with E-state index in [0.717, 1.165) is 38.2 Å². The van der Waals surface area contributed by atoms with Crippen molar-refractivity contribution < 1.29 is 46.2 Å². The van der Waals surface area contributed by atoms with Gasteiger partial charge < -0.3 is 41.2 Å². The lowest BCUT2D eigenvalue weighted by atomic mass is 9.83. The Hall–Kier alpha value is -3.14. The van der Waals surface area contributed by atoms with Crippen LogP contribution in [-0.2, 0) is 16.1 Å². The molecule has 1 aromatic carbocycles. The fourth-order valence-corrected chi connectivity index (χ4v) is 6.72. The van der Waals surface area contributed by atoms with Crippen molar-refractivity contribution in [3.05, 3.63) is 63.6 Å². The van der Waals surface area contributed by atoms with Gasteiger partial charge in [-0.2, -0.15) is 0 Å². The third-order valence-corrected chi connectivity index (χ3v) is 8.67. The molecule has 2 unspecified atom stereocenters. The number of esters is 1. The number of quaternary nitrogens is 1. The summed E-state index contributed by atoms with van der Waals surface area (Å²) in [4.78, 5) is 39.0. The Labute approximate surface area is 259 Å². The first-order valence-electron chi connectivity index (χ1n) is 15.3. The number of likely N-dealkylation sites (tertiary alicyclic amines) is 1. The minimum absolute atomic E-state index is 0. The predicted octanol–water partition coefficient (Wildman–Crippen LogP) is -0.215. The molecular formula is C33H43ClN2O7. The molecule has 2 bridgehead atoms. The van der Waals surface area contributed by atoms with Crippen molar-refractivity contribution in [2.24, 2.45) is 5.92 Å². The number of aromatic nitrogens is 1. The Bertz CT molecular complexity index is 1370. The van der Waals surface area contributed by atoms with Crippen LogP contribution in [0.15, 0.2) is 41.2 Å². The van der Waals surface area contributed by atoms with E-state index in [-0.39, 0.29) is 36.5 Å². The van der Waals surface area contributed by atoms with Crippen molar-refractivity contribution in [3.8, 4) is 11.5 Å². The number of ether oxygens (including phenoxy) is 3. The van der Waals surface area contributed by atoms with Gasteiger partial charge in [0.1, 0.15) is 42.1 Å². The highest BCUT2D eigenvalue weighted by Crippen LogP contribution is 2.32. The third kappa shape index (κ3) is 8.28. The molecule has 0 amide bonds. The van der Waals surface area contributed by atoms with Gasteiger partial charge in [0, 0.05) is 49.0 Å². The zero-order chi connectivity index (χ0) is 29.6. The van der Waals surface area contributed by atoms with Gasteiger partial charge in [-0.25, -0.2) is 4.79 Å². The van der Waals surface area contributed by atoms with Gasteiger partial charge in [0.15, 0.2) is 0 Å². The standard InChI is InChI=1S/C33H42N2O7.ClH/c1-22-8-6-11-26(36)10-5-3-4-9-24-15-28(16-30(40-2)32(24)33(39)42-22)41-21-27(37)20-34-17-23-14-25(19-34)29-12-7-13-31(38)35(29)18-23;/h4,7,9,12-13,15-16,22-23,25,27,37H,3,5-6,8,10-11,14,17-21H2,1-2H3;1H/b9-4+;/t22-,23-,25+,27?;/m0./s1. The number of ketones is 1. The summed E-state index contributed by atoms with van der Waals surface area (Å²) in [7, 11) is 1.51. The van der Waals surface area contributed by atoms with Crippen LogP contribution in [0.4, 0.5) is 0 Å². The van der Waals surface area contributed by atoms with Crippen LogP contribution in [0.25, 0.3) is 6.08 Å². The summed E-state index contributed by atoms with van der Waals surface area (Å²) in [6.45, 7) is 5.02. The number of aliphatic hydroxyl groups excluding tert-OH is 1. The number of Topliss-reactive ketones (excluding diaryl/α,β-unsaturated/α-hetero) is 1. The van der Waals surface area contributed by atoms with Gasteiger partial charge in [-0.3, -0.25) is 9.59 Å². The van der Waals surface area contributed by atoms with Gasteiger partial charge in [0.2, 0.25) is 0 Å². The summed E-state index contributed by atoms with van der Waals surface area (Å²) in [5.74, 6) is 1.34. The lowest BCUT2D eigenvalue weighted by Crippen LogP contribution is -3.15. The maximum Gasteiger partial charge on any atom is 0.342 e. The van der Waals surface area contributed by atoms with Crippen molar-refractivity contribution in [1.82, 2.24) is 4.57 Å². The van der Waals surface area contributed by atoms with E-state index in [0.29, 0.717) is 73.1 Å². The number of piperidine rings is 1. The number of pyridine rings is 1. The van der Waals surface area contributed by atoms with Crippen LogP contribution in [0.2, 0.25) is 0 Å². The van der Waals surface area contributed by atoms with Crippen molar-refractivity contribution in [2.45, 2.75) is 76.5 Å². The lowest BCUT2D eigenvalue weighted by molar-refractivity contribution is -0.914. The molecule has 9 nitrogen and oxygen atoms in total. The van der Waals surface area contributed by atoms with Crippen molar-refractivity contribution in [3.63, 3.8) is 0 Å². The summed E-state index contributed by atoms with van der Waals surface area (Å²) in [5, 5.41) is 10.9. The van der Waals surface area contributed by atoms with E-state index in [2.05, 4.69) is 6.07 Å². The molecule has 5 atom stereocenters. The lowest BCUT2D eigenvalue weighted by Gasteiger charge is -2.40. The highest BCUT2D eigenvalue weighted by molar-refractivity contribution is 5.97. The highest BCUT2D eigenvalue weighted by atomic mass is 35.5. The van der Waals surface area contributed by atoms with Gasteiger partial charge >= 0.3 is 5.97 Å². The van der Waals surface area contributed by atoms with Gasteiger partial charge in [-0.1, -0.05) is 18.2 Å². The second-order valence-electron chi connectivity index (χ2n) is 12.1. The third-order valence-electron chi connectivity index (χ3n) is 8.67. The van der Waals surface area contributed by atoms with Crippen LogP contribution >= 0.6 is 0 Å². The molecule has 2 N–H and O–H groups in total. The van der Waals surface area contributed by atoms with Gasteiger partial charge in [-0.15, -0.1) is 0 Å². The van der Waals surface area contributed by atoms with E-state index < -0.39 is 12.1 Å². The molecule has 0 aliphatic carbocycles. The maximum atomic E-state index is 13.2. The van der Waals surface area contributed by atoms with E-state index in [1.807, 2.05) is 29.7 Å². The van der Waals surface area contributed by atoms with Gasteiger partial charge in [0.25, 0.3) is 5.56 Å². The number of halogens is 1. The van der Waals surface area contributed by atoms with Crippen LogP contribution in [-0.4, -0.2) is 67.0 Å². The molecule has 5 rings (SSSR count). The van der Waals surface area contributed by atoms with Crippen LogP contribution in [0.3, 0.4) is 0 Å². The number of nitrogens with zero attached hydrogens (tertiary/aromatic N) is 1. The van der Waals surface area contributed by atoms with E-state index >= 15 is 0 Å². The zero-order valence-corrected chi connectivity index (χ0v) is 25.8. The van der Waals surface area contributed by atoms with Crippen molar-refractivity contribution in [2.75, 3.05) is 33.4 Å². The van der Waals surface area contributed by atoms with Gasteiger partial charge in [0.05, 0.1) is 26.3 Å². The Morgan fingerprint density at radius 3 is 2.77 bits per heavy atom. The Morgan fingerprint density at radius 1 is 1.14 bits per heavy atom. The number of fused-ring (bicyclic) bond motifs is 5. The van der Waals surface area contributed by atoms with E-state index in [1.54, 1.807) is 18.2 Å². The normalized spacial score (nSPS) is 25.6. The van der Waals surface area contributed by atoms with Crippen LogP contribution < -0.4 is 32.3 Å². The number of aliphatic hydroxyl groups is 1. The molecule has 3 aliphatic rings. The number of hydrogen-bond donors (Lipinski definition) is 2. The summed E-state index contributed by atoms with van der Waals surface area (Å²) in [6, 6.07) is 8.97. The minimum Gasteiger partial charge on any atom is -1.00 e. The summed E-state index contributed by atoms with van der Waals surface area (Å²) in [5.41, 5.74) is 2.13. The first-order valence-corrected chi connectivity index (χ1v) is 15.3. The minimum atomic E-state index is -0.685. The second-order valence-corrected chi connectivity index (χ2v) is 12.1. The molecular weight excluding hydrogens is 572 g/mol. The first-order chi connectivity index (χ1) is 20.3. The van der Waals surface area contributed by atoms with Crippen molar-refractivity contribution in [1.29, 1.82) is 0 Å². The molecule has 3 aliphatic heterocycles. The fourth-order valence-electron chi connectivity index (χ4n) is 6.72. The highest BCUT2D eigenvalue weighted by Gasteiger charge is 2.37. The molecule has 0 saturated carbocycles. The number of methoxy groups -OCH3 is 1. The average molecular weight is 615 g/mol. The van der Waals surface area contributed by atoms with Gasteiger partial charge in [-0.05, 0) is 56.7 Å². The molecule has 4 heterocycles. The number of benzene rings is 1. The molecule has 1 aromatic heterocycles. The van der Waals surface area contributed by atoms with E-state index in [9.17, 15) is 19.5 Å². The maximum absolute atomic E-state index is 13.2. The monoisotopic (exact) mass is 614 g/mol. The second kappa shape index (κ2) is 15.0. The fraction of sp³-hybridized carbons (Fsp3) is 0.545. The molecule has 10 heteroatoms. The molecule has 234 valence electrons. The summed E-state index contributed by atoms with van der Waals surface area (Å²) >= 11 is 0. The Kier molecular flexibility index (Phi) is 11.5. The Morgan fingerprint density at radius 2 is 1.95 bits per heavy atom. The molecule has 0 spiro atoms. The largest absolute Gasteiger partial charge is 1.00 e. The number of hydrogen-bond acceptors (Lipinski definition) is 7. The smallest absolute Gasteiger partial charge is 0.342 e. The number of carbonyl (C=O) groups is 2.